The van der Waals surface area contributed by atoms with E-state index in [2.05, 4.69) is 187 Å². The normalized spacial score (nSPS) is 14.5. The minimum absolute atomic E-state index is 0.0321. The summed E-state index contributed by atoms with van der Waals surface area (Å²) in [6, 6.07) is 38.5. The standard InChI is InChI=1S/C84H98N2O10/c1-77(2,3)45-81(13,14)49-21-29-53(30-22-49)93-61-41-57-65-58(74(90)85(37-39-87)73(57)89)43-63(95-55-33-25-51(26-34-55)83(17,18)47-79(7,8)9)69-70-64(96-56-35-27-52(28-36-56)84(19,20)48-80(10,11)12)44-60-66-59(75(91)86(38-40-88)76(60)92)42-62(68(72(66)70)67(61)71(65)69)94-54-31-23-50(24-32-54)82(15,16)46-78(4,5)6/h21-36,41-44,87-88H,37-40,45-48H2,1-20H3. The molecule has 0 saturated heterocycles. The lowest BCUT2D eigenvalue weighted by Gasteiger charge is -2.33. The molecule has 2 aliphatic rings. The van der Waals surface area contributed by atoms with Gasteiger partial charge in [-0.15, -0.1) is 0 Å². The number of hydrogen-bond donors (Lipinski definition) is 2. The molecular formula is C84H98N2O10. The molecule has 0 radical (unpaired) electrons. The maximum absolute atomic E-state index is 15.4. The van der Waals surface area contributed by atoms with Crippen LogP contribution in [0.5, 0.6) is 46.0 Å². The average molecular weight is 1300 g/mol. The maximum atomic E-state index is 15.4. The van der Waals surface area contributed by atoms with E-state index < -0.39 is 36.8 Å². The van der Waals surface area contributed by atoms with Crippen LogP contribution in [0.1, 0.15) is 228 Å². The van der Waals surface area contributed by atoms with Crippen molar-refractivity contribution < 1.29 is 48.3 Å². The Kier molecular flexibility index (Phi) is 17.5. The van der Waals surface area contributed by atoms with Crippen molar-refractivity contribution in [1.29, 1.82) is 0 Å². The zero-order valence-corrected chi connectivity index (χ0v) is 60.3. The first kappa shape index (κ1) is 69.0. The fourth-order valence-corrected chi connectivity index (χ4v) is 16.7. The molecule has 96 heavy (non-hydrogen) atoms. The smallest absolute Gasteiger partial charge is 0.261 e. The highest BCUT2D eigenvalue weighted by molar-refractivity contribution is 6.44. The van der Waals surface area contributed by atoms with E-state index in [-0.39, 0.29) is 102 Å². The molecule has 9 aromatic carbocycles. The van der Waals surface area contributed by atoms with Gasteiger partial charge in [-0.05, 0) is 164 Å². The molecule has 2 aliphatic heterocycles. The highest BCUT2D eigenvalue weighted by atomic mass is 16.5. The van der Waals surface area contributed by atoms with Crippen molar-refractivity contribution in [3.63, 3.8) is 0 Å². The van der Waals surface area contributed by atoms with Crippen LogP contribution < -0.4 is 18.9 Å². The number of ether oxygens (including phenoxy) is 4. The van der Waals surface area contributed by atoms with Crippen LogP contribution in [0.15, 0.2) is 121 Å². The third-order valence-electron chi connectivity index (χ3n) is 19.1. The summed E-state index contributed by atoms with van der Waals surface area (Å²) in [6.45, 7) is 43.1. The fraction of sp³-hybridized carbons (Fsp3) is 0.429. The molecule has 504 valence electrons. The molecule has 0 spiro atoms. The first-order chi connectivity index (χ1) is 44.6. The number of amides is 4. The van der Waals surface area contributed by atoms with Crippen molar-refractivity contribution in [2.24, 2.45) is 21.7 Å². The second kappa shape index (κ2) is 24.3. The van der Waals surface area contributed by atoms with Gasteiger partial charge in [0.05, 0.1) is 48.6 Å². The molecule has 9 aromatic rings. The summed E-state index contributed by atoms with van der Waals surface area (Å²) in [7, 11) is 0. The fourth-order valence-electron chi connectivity index (χ4n) is 16.7. The summed E-state index contributed by atoms with van der Waals surface area (Å²) in [5.41, 5.74) is 4.23. The van der Waals surface area contributed by atoms with Crippen molar-refractivity contribution in [3.8, 4) is 46.0 Å². The molecule has 0 fully saturated rings. The van der Waals surface area contributed by atoms with E-state index in [1.54, 1.807) is 24.3 Å². The van der Waals surface area contributed by atoms with E-state index in [1.165, 1.54) is 0 Å². The zero-order valence-electron chi connectivity index (χ0n) is 60.3. The van der Waals surface area contributed by atoms with Gasteiger partial charge in [0.15, 0.2) is 0 Å². The van der Waals surface area contributed by atoms with E-state index in [9.17, 15) is 10.2 Å². The molecule has 12 heteroatoms. The number of β-amino-alcohol motifs (C(OH)–C–C–N with tert-alkyl or cyclic N) is 2. The van der Waals surface area contributed by atoms with Gasteiger partial charge in [-0.3, -0.25) is 29.0 Å². The van der Waals surface area contributed by atoms with Crippen LogP contribution in [-0.4, -0.2) is 69.9 Å². The van der Waals surface area contributed by atoms with E-state index >= 15 is 19.2 Å². The second-order valence-corrected chi connectivity index (χ2v) is 34.7. The Morgan fingerprint density at radius 1 is 0.281 bits per heavy atom. The molecule has 2 heterocycles. The maximum Gasteiger partial charge on any atom is 0.261 e. The average Bonchev–Trinajstić information content (AvgIpc) is 0.672. The van der Waals surface area contributed by atoms with Crippen LogP contribution in [0.4, 0.5) is 0 Å². The molecule has 0 bridgehead atoms. The van der Waals surface area contributed by atoms with Crippen molar-refractivity contribution in [2.45, 2.75) is 186 Å². The van der Waals surface area contributed by atoms with Gasteiger partial charge in [0, 0.05) is 43.1 Å². The number of benzene rings is 9. The SMILES string of the molecule is CC(C)(C)CC(C)(C)c1ccc(Oc2cc3c4c(cc(Oc5ccc(C(C)(C)CC(C)(C)C)cc5)c5c6c(Oc7ccc(C(C)(C)CC(C)(C)C)cc7)cc7c8c(cc(Oc9ccc(C(C)(C)CC(C)(C)C)cc9)c(c2c45)c86)C(=O)N(CCO)C7=O)C(=O)N(CCO)C3=O)cc1. The number of carbonyl (C=O) groups is 4. The van der Waals surface area contributed by atoms with E-state index in [4.69, 9.17) is 18.9 Å². The number of imide groups is 2. The van der Waals surface area contributed by atoms with Crippen molar-refractivity contribution in [1.82, 2.24) is 9.80 Å². The van der Waals surface area contributed by atoms with Gasteiger partial charge < -0.3 is 29.2 Å². The van der Waals surface area contributed by atoms with Gasteiger partial charge in [0.1, 0.15) is 46.0 Å². The summed E-state index contributed by atoms with van der Waals surface area (Å²) in [5.74, 6) is -0.0121. The Hall–Kier alpha value is -8.32. The van der Waals surface area contributed by atoms with Crippen LogP contribution >= 0.6 is 0 Å². The summed E-state index contributed by atoms with van der Waals surface area (Å²) in [5, 5.41) is 24.1. The first-order valence-electron chi connectivity index (χ1n) is 34.0. The van der Waals surface area contributed by atoms with E-state index in [1.807, 2.05) is 48.5 Å². The zero-order chi connectivity index (χ0) is 69.9. The van der Waals surface area contributed by atoms with Crippen molar-refractivity contribution in [3.05, 3.63) is 166 Å². The number of rotatable bonds is 20. The summed E-state index contributed by atoms with van der Waals surface area (Å²) < 4.78 is 29.2. The number of carbonyl (C=O) groups excluding carboxylic acids is 4. The third-order valence-corrected chi connectivity index (χ3v) is 19.1. The molecular weight excluding hydrogens is 1200 g/mol. The van der Waals surface area contributed by atoms with Gasteiger partial charge in [-0.1, -0.05) is 187 Å². The Morgan fingerprint density at radius 2 is 0.469 bits per heavy atom. The number of nitrogens with zero attached hydrogens (tertiary/aromatic N) is 2. The number of aliphatic hydroxyl groups is 2. The van der Waals surface area contributed by atoms with Gasteiger partial charge in [-0.25, -0.2) is 0 Å². The lowest BCUT2D eigenvalue weighted by atomic mass is 9.72. The molecule has 0 aromatic heterocycles. The number of hydrogen-bond acceptors (Lipinski definition) is 10. The van der Waals surface area contributed by atoms with Crippen LogP contribution in [-0.2, 0) is 21.7 Å². The summed E-state index contributed by atoms with van der Waals surface area (Å²) >= 11 is 0. The monoisotopic (exact) mass is 1290 g/mol. The van der Waals surface area contributed by atoms with E-state index in [0.717, 1.165) is 57.7 Å². The first-order valence-corrected chi connectivity index (χ1v) is 34.0. The molecule has 12 nitrogen and oxygen atoms in total. The van der Waals surface area contributed by atoms with Gasteiger partial charge in [-0.2, -0.15) is 0 Å². The highest BCUT2D eigenvalue weighted by Crippen LogP contribution is 2.58. The minimum Gasteiger partial charge on any atom is -0.457 e. The molecule has 0 saturated carbocycles. The largest absolute Gasteiger partial charge is 0.457 e. The molecule has 0 unspecified atom stereocenters. The molecule has 0 aliphatic carbocycles. The quantitative estimate of drug-likeness (QED) is 0.0428. The third kappa shape index (κ3) is 13.5. The predicted molar refractivity (Wildman–Crippen MR) is 387 cm³/mol. The second-order valence-electron chi connectivity index (χ2n) is 34.7. The molecule has 2 N–H and O–H groups in total. The number of fused-ring (bicyclic) bond motifs is 2. The Labute approximate surface area is 567 Å². The van der Waals surface area contributed by atoms with Crippen LogP contribution in [0.2, 0.25) is 0 Å². The van der Waals surface area contributed by atoms with Crippen LogP contribution in [0.25, 0.3) is 43.1 Å². The Morgan fingerprint density at radius 3 is 0.635 bits per heavy atom. The molecule has 11 rings (SSSR count). The van der Waals surface area contributed by atoms with Crippen LogP contribution in [0, 0.1) is 21.7 Å². The van der Waals surface area contributed by atoms with Gasteiger partial charge in [0.25, 0.3) is 23.6 Å². The summed E-state index contributed by atoms with van der Waals surface area (Å²) in [4.78, 5) is 63.9. The van der Waals surface area contributed by atoms with Gasteiger partial charge in [0.2, 0.25) is 0 Å². The molecule has 0 atom stereocenters. The Bertz CT molecular complexity index is 3960. The van der Waals surface area contributed by atoms with Crippen molar-refractivity contribution >= 4 is 66.7 Å². The van der Waals surface area contributed by atoms with Crippen molar-refractivity contribution in [2.75, 3.05) is 26.3 Å². The van der Waals surface area contributed by atoms with E-state index in [0.29, 0.717) is 66.1 Å². The lowest BCUT2D eigenvalue weighted by Crippen LogP contribution is -2.42. The minimum atomic E-state index is -0.640. The highest BCUT2D eigenvalue weighted by Gasteiger charge is 2.42. The van der Waals surface area contributed by atoms with Crippen LogP contribution in [0.3, 0.4) is 0 Å². The lowest BCUT2D eigenvalue weighted by molar-refractivity contribution is 0.0566. The topological polar surface area (TPSA) is 152 Å². The predicted octanol–water partition coefficient (Wildman–Crippen LogP) is 20.9. The van der Waals surface area contributed by atoms with Gasteiger partial charge >= 0.3 is 0 Å². The molecule has 4 amide bonds. The Balaban J connectivity index is 1.30. The number of aliphatic hydroxyl groups excluding tert-OH is 2. The summed E-state index contributed by atoms with van der Waals surface area (Å²) in [6.07, 6.45) is 3.62.